The molecule has 5 heteroatoms. The quantitative estimate of drug-likeness (QED) is 0.444. The number of esters is 1. The van der Waals surface area contributed by atoms with Gasteiger partial charge in [-0.1, -0.05) is 0 Å². The summed E-state index contributed by atoms with van der Waals surface area (Å²) in [6.07, 6.45) is -0.131. The molecule has 0 aromatic rings. The summed E-state index contributed by atoms with van der Waals surface area (Å²) in [5, 5.41) is 9.78. The van der Waals surface area contributed by atoms with Crippen molar-refractivity contribution < 1.29 is 19.4 Å². The zero-order valence-corrected chi connectivity index (χ0v) is 11.0. The lowest BCUT2D eigenvalue weighted by molar-refractivity contribution is -0.186. The third kappa shape index (κ3) is 3.47. The average molecular weight is 253 g/mol. The molecule has 5 nitrogen and oxygen atoms in total. The Kier molecular flexibility index (Phi) is 5.17. The fraction of sp³-hybridized carbons (Fsp3) is 0.692. The van der Waals surface area contributed by atoms with Crippen molar-refractivity contribution in [3.63, 3.8) is 0 Å². The van der Waals surface area contributed by atoms with Gasteiger partial charge in [0.15, 0.2) is 0 Å². The molecule has 2 unspecified atom stereocenters. The molecular weight excluding hydrogens is 234 g/mol. The molecule has 0 aromatic carbocycles. The average Bonchev–Trinajstić information content (AvgIpc) is 2.26. The van der Waals surface area contributed by atoms with Crippen LogP contribution in [0, 0.1) is 11.8 Å². The molecule has 1 aliphatic heterocycles. The first-order valence-electron chi connectivity index (χ1n) is 6.06. The third-order valence-electron chi connectivity index (χ3n) is 2.70. The number of nitrogens with zero attached hydrogens (tertiary/aromatic N) is 1. The highest BCUT2D eigenvalue weighted by atomic mass is 16.6. The van der Waals surface area contributed by atoms with Gasteiger partial charge >= 0.3 is 5.97 Å². The van der Waals surface area contributed by atoms with Crippen molar-refractivity contribution in [3.8, 4) is 11.8 Å². The van der Waals surface area contributed by atoms with E-state index in [0.717, 1.165) is 0 Å². The van der Waals surface area contributed by atoms with Crippen molar-refractivity contribution in [1.29, 1.82) is 0 Å². The lowest BCUT2D eigenvalue weighted by atomic mass is 9.96. The Balaban J connectivity index is 2.53. The second-order valence-corrected chi connectivity index (χ2v) is 4.48. The molecule has 0 aliphatic carbocycles. The number of aliphatic hydroxyl groups is 1. The van der Waals surface area contributed by atoms with E-state index < -0.39 is 12.2 Å². The molecule has 1 aliphatic rings. The summed E-state index contributed by atoms with van der Waals surface area (Å²) in [6.45, 7) is 5.13. The van der Waals surface area contributed by atoms with E-state index in [2.05, 4.69) is 11.8 Å². The van der Waals surface area contributed by atoms with Crippen molar-refractivity contribution in [2.45, 2.75) is 58.4 Å². The number of rotatable bonds is 5. The number of ether oxygens (including phenoxy) is 1. The van der Waals surface area contributed by atoms with Gasteiger partial charge in [-0.25, -0.2) is 4.79 Å². The summed E-state index contributed by atoms with van der Waals surface area (Å²) in [4.78, 5) is 24.1. The van der Waals surface area contributed by atoms with E-state index in [1.165, 1.54) is 4.90 Å². The predicted molar refractivity (Wildman–Crippen MR) is 65.2 cm³/mol. The maximum atomic E-state index is 11.5. The van der Waals surface area contributed by atoms with Gasteiger partial charge < -0.3 is 14.7 Å². The minimum atomic E-state index is -1.49. The molecule has 2 atom stereocenters. The number of amides is 1. The number of β-lactam (4-membered cyclic amide) rings is 1. The van der Waals surface area contributed by atoms with Gasteiger partial charge in [0.25, 0.3) is 0 Å². The second-order valence-electron chi connectivity index (χ2n) is 4.48. The number of hydrogen-bond donors (Lipinski definition) is 1. The van der Waals surface area contributed by atoms with Crippen molar-refractivity contribution in [2.24, 2.45) is 0 Å². The Morgan fingerprint density at radius 3 is 2.78 bits per heavy atom. The minimum Gasteiger partial charge on any atom is -0.460 e. The Morgan fingerprint density at radius 1 is 1.61 bits per heavy atom. The normalized spacial score (nSPS) is 19.9. The van der Waals surface area contributed by atoms with Crippen LogP contribution in [-0.4, -0.2) is 40.3 Å². The highest BCUT2D eigenvalue weighted by Crippen LogP contribution is 2.25. The molecule has 0 spiro atoms. The Morgan fingerprint density at radius 2 is 2.28 bits per heavy atom. The van der Waals surface area contributed by atoms with E-state index in [9.17, 15) is 14.7 Å². The standard InChI is InChI=1S/C13H19NO4/c1-4-5-6-7-10-8-11(15)14(10)12(16)13(17)18-9(2)3/h9-10,12,16H,6-8H2,1-3H3. The Bertz CT molecular complexity index is 380. The van der Waals surface area contributed by atoms with Gasteiger partial charge in [0.2, 0.25) is 12.1 Å². The van der Waals surface area contributed by atoms with Gasteiger partial charge in [-0.3, -0.25) is 4.79 Å². The van der Waals surface area contributed by atoms with Crippen molar-refractivity contribution in [3.05, 3.63) is 0 Å². The number of likely N-dealkylation sites (tertiary alicyclic amines) is 1. The van der Waals surface area contributed by atoms with E-state index in [4.69, 9.17) is 4.74 Å². The molecule has 18 heavy (non-hydrogen) atoms. The van der Waals surface area contributed by atoms with Crippen LogP contribution in [0.3, 0.4) is 0 Å². The molecule has 1 heterocycles. The van der Waals surface area contributed by atoms with Crippen LogP contribution in [0.25, 0.3) is 0 Å². The van der Waals surface area contributed by atoms with Crippen molar-refractivity contribution in [2.75, 3.05) is 0 Å². The largest absolute Gasteiger partial charge is 0.460 e. The molecule has 1 saturated heterocycles. The third-order valence-corrected chi connectivity index (χ3v) is 2.70. The van der Waals surface area contributed by atoms with Gasteiger partial charge in [-0.2, -0.15) is 0 Å². The van der Waals surface area contributed by atoms with Gasteiger partial charge in [0.05, 0.1) is 6.10 Å². The Labute approximate surface area is 107 Å². The van der Waals surface area contributed by atoms with Crippen LogP contribution < -0.4 is 0 Å². The molecule has 1 amide bonds. The summed E-state index contributed by atoms with van der Waals surface area (Å²) in [6, 6.07) is -0.118. The van der Waals surface area contributed by atoms with E-state index >= 15 is 0 Å². The maximum Gasteiger partial charge on any atom is 0.356 e. The van der Waals surface area contributed by atoms with Crippen LogP contribution in [-0.2, 0) is 14.3 Å². The highest BCUT2D eigenvalue weighted by molar-refractivity contribution is 5.88. The fourth-order valence-electron chi connectivity index (χ4n) is 1.84. The monoisotopic (exact) mass is 253 g/mol. The summed E-state index contributed by atoms with van der Waals surface area (Å²) < 4.78 is 4.88. The maximum absolute atomic E-state index is 11.5. The smallest absolute Gasteiger partial charge is 0.356 e. The predicted octanol–water partition coefficient (Wildman–Crippen LogP) is 0.661. The van der Waals surface area contributed by atoms with E-state index in [1.54, 1.807) is 20.8 Å². The topological polar surface area (TPSA) is 66.8 Å². The van der Waals surface area contributed by atoms with E-state index in [-0.39, 0.29) is 18.1 Å². The highest BCUT2D eigenvalue weighted by Gasteiger charge is 2.43. The number of carbonyl (C=O) groups excluding carboxylic acids is 2. The zero-order chi connectivity index (χ0) is 13.7. The Hall–Kier alpha value is -1.54. The first kappa shape index (κ1) is 14.5. The van der Waals surface area contributed by atoms with Crippen LogP contribution in [0.15, 0.2) is 0 Å². The number of aliphatic hydroxyl groups excluding tert-OH is 1. The SMILES string of the molecule is CC#CCCC1CC(=O)N1C(O)C(=O)OC(C)C. The van der Waals surface area contributed by atoms with E-state index in [1.807, 2.05) is 0 Å². The number of carbonyl (C=O) groups is 2. The molecule has 100 valence electrons. The second kappa shape index (κ2) is 6.41. The van der Waals surface area contributed by atoms with E-state index in [0.29, 0.717) is 19.3 Å². The number of hydrogen-bond acceptors (Lipinski definition) is 4. The molecule has 0 aromatic heterocycles. The molecule has 1 fully saturated rings. The van der Waals surface area contributed by atoms with Gasteiger partial charge in [-0.15, -0.1) is 11.8 Å². The van der Waals surface area contributed by atoms with Gasteiger partial charge in [0.1, 0.15) is 0 Å². The van der Waals surface area contributed by atoms with Crippen LogP contribution in [0.2, 0.25) is 0 Å². The van der Waals surface area contributed by atoms with Crippen molar-refractivity contribution >= 4 is 11.9 Å². The first-order chi connectivity index (χ1) is 8.47. The first-order valence-corrected chi connectivity index (χ1v) is 6.06. The summed E-state index contributed by atoms with van der Waals surface area (Å²) in [7, 11) is 0. The van der Waals surface area contributed by atoms with Gasteiger partial charge in [-0.05, 0) is 27.2 Å². The van der Waals surface area contributed by atoms with Crippen LogP contribution in [0.1, 0.15) is 40.0 Å². The lowest BCUT2D eigenvalue weighted by Crippen LogP contribution is -2.60. The zero-order valence-electron chi connectivity index (χ0n) is 11.0. The van der Waals surface area contributed by atoms with Gasteiger partial charge in [0, 0.05) is 18.9 Å². The molecule has 0 radical (unpaired) electrons. The molecule has 1 N–H and O–H groups in total. The minimum absolute atomic E-state index is 0.118. The molecular formula is C13H19NO4. The summed E-state index contributed by atoms with van der Waals surface area (Å²) in [5.74, 6) is 4.67. The molecule has 0 bridgehead atoms. The van der Waals surface area contributed by atoms with Crippen molar-refractivity contribution in [1.82, 2.24) is 4.90 Å². The lowest BCUT2D eigenvalue weighted by Gasteiger charge is -2.42. The van der Waals surface area contributed by atoms with Crippen LogP contribution in [0.4, 0.5) is 0 Å². The molecule has 1 rings (SSSR count). The van der Waals surface area contributed by atoms with Crippen LogP contribution in [0.5, 0.6) is 0 Å². The van der Waals surface area contributed by atoms with Crippen LogP contribution >= 0.6 is 0 Å². The summed E-state index contributed by atoms with van der Waals surface area (Å²) >= 11 is 0. The fourth-order valence-corrected chi connectivity index (χ4v) is 1.84. The molecule has 0 saturated carbocycles. The summed E-state index contributed by atoms with van der Waals surface area (Å²) in [5.41, 5.74) is 0.